The standard InChI is InChI=1S/C7H6FI/c8-5-6-3-1-2-4-7(6)9/h1-4H,5H2. The highest BCUT2D eigenvalue weighted by Gasteiger charge is 1.93. The van der Waals surface area contributed by atoms with Gasteiger partial charge in [0, 0.05) is 3.57 Å². The Labute approximate surface area is 67.2 Å². The first-order valence-electron chi connectivity index (χ1n) is 2.64. The molecule has 48 valence electrons. The van der Waals surface area contributed by atoms with Crippen molar-refractivity contribution >= 4 is 22.6 Å². The normalized spacial score (nSPS) is 9.56. The third kappa shape index (κ3) is 1.64. The minimum Gasteiger partial charge on any atom is -0.246 e. The Hall–Kier alpha value is -0.120. The van der Waals surface area contributed by atoms with Gasteiger partial charge in [0.15, 0.2) is 0 Å². The van der Waals surface area contributed by atoms with Crippen molar-refractivity contribution in [1.82, 2.24) is 0 Å². The van der Waals surface area contributed by atoms with Gasteiger partial charge in [0.2, 0.25) is 0 Å². The van der Waals surface area contributed by atoms with Crippen LogP contribution >= 0.6 is 22.6 Å². The Bertz CT molecular complexity index is 198. The molecule has 0 aliphatic rings. The predicted octanol–water partition coefficient (Wildman–Crippen LogP) is 2.76. The maximum atomic E-state index is 12.0. The molecule has 0 aliphatic carbocycles. The van der Waals surface area contributed by atoms with Gasteiger partial charge in [-0.15, -0.1) is 0 Å². The Balaban J connectivity index is 3.01. The van der Waals surface area contributed by atoms with E-state index >= 15 is 0 Å². The minimum absolute atomic E-state index is 0.362. The number of hydrogen-bond donors (Lipinski definition) is 0. The van der Waals surface area contributed by atoms with Crippen molar-refractivity contribution in [2.24, 2.45) is 0 Å². The SMILES string of the molecule is FCc1ccccc1I. The molecule has 0 radical (unpaired) electrons. The van der Waals surface area contributed by atoms with Crippen LogP contribution in [-0.4, -0.2) is 0 Å². The summed E-state index contributed by atoms with van der Waals surface area (Å²) in [6, 6.07) is 7.44. The number of benzene rings is 1. The van der Waals surface area contributed by atoms with Gasteiger partial charge >= 0.3 is 0 Å². The molecule has 9 heavy (non-hydrogen) atoms. The average molecular weight is 236 g/mol. The van der Waals surface area contributed by atoms with E-state index in [-0.39, 0.29) is 6.67 Å². The van der Waals surface area contributed by atoms with Crippen LogP contribution in [-0.2, 0) is 6.67 Å². The van der Waals surface area contributed by atoms with Gasteiger partial charge in [-0.2, -0.15) is 0 Å². The lowest BCUT2D eigenvalue weighted by molar-refractivity contribution is 0.484. The van der Waals surface area contributed by atoms with Crippen molar-refractivity contribution < 1.29 is 4.39 Å². The molecule has 0 atom stereocenters. The van der Waals surface area contributed by atoms with Crippen molar-refractivity contribution in [3.8, 4) is 0 Å². The Morgan fingerprint density at radius 3 is 2.44 bits per heavy atom. The highest BCUT2D eigenvalue weighted by Crippen LogP contribution is 2.11. The first-order valence-corrected chi connectivity index (χ1v) is 3.72. The summed E-state index contributed by atoms with van der Waals surface area (Å²) in [6.45, 7) is -0.362. The summed E-state index contributed by atoms with van der Waals surface area (Å²) in [5, 5.41) is 0. The first kappa shape index (κ1) is 6.99. The Kier molecular flexibility index (Phi) is 2.45. The van der Waals surface area contributed by atoms with Crippen LogP contribution < -0.4 is 0 Å². The summed E-state index contributed by atoms with van der Waals surface area (Å²) >= 11 is 2.12. The van der Waals surface area contributed by atoms with Gasteiger partial charge in [0.1, 0.15) is 6.67 Å². The van der Waals surface area contributed by atoms with E-state index in [0.717, 1.165) is 9.13 Å². The molecular weight excluding hydrogens is 230 g/mol. The highest BCUT2D eigenvalue weighted by molar-refractivity contribution is 14.1. The van der Waals surface area contributed by atoms with E-state index in [1.54, 1.807) is 6.07 Å². The maximum Gasteiger partial charge on any atom is 0.116 e. The van der Waals surface area contributed by atoms with E-state index in [4.69, 9.17) is 0 Å². The van der Waals surface area contributed by atoms with Crippen LogP contribution in [0.3, 0.4) is 0 Å². The zero-order chi connectivity index (χ0) is 6.69. The summed E-state index contributed by atoms with van der Waals surface area (Å²) in [6.07, 6.45) is 0. The van der Waals surface area contributed by atoms with Gasteiger partial charge in [-0.05, 0) is 34.2 Å². The summed E-state index contributed by atoms with van der Waals surface area (Å²) in [5.41, 5.74) is 0.776. The second-order valence-corrected chi connectivity index (χ2v) is 2.89. The van der Waals surface area contributed by atoms with E-state index in [2.05, 4.69) is 22.6 Å². The minimum atomic E-state index is -0.362. The van der Waals surface area contributed by atoms with Gasteiger partial charge in [-0.1, -0.05) is 18.2 Å². The second-order valence-electron chi connectivity index (χ2n) is 1.73. The lowest BCUT2D eigenvalue weighted by Gasteiger charge is -1.94. The molecule has 2 heteroatoms. The molecule has 1 rings (SSSR count). The van der Waals surface area contributed by atoms with E-state index < -0.39 is 0 Å². The van der Waals surface area contributed by atoms with Crippen LogP contribution in [0.5, 0.6) is 0 Å². The van der Waals surface area contributed by atoms with Crippen LogP contribution in [0.1, 0.15) is 5.56 Å². The van der Waals surface area contributed by atoms with Gasteiger partial charge in [0.05, 0.1) is 0 Å². The monoisotopic (exact) mass is 236 g/mol. The molecule has 0 aliphatic heterocycles. The second kappa shape index (κ2) is 3.15. The molecule has 0 saturated heterocycles. The molecule has 0 amide bonds. The van der Waals surface area contributed by atoms with Gasteiger partial charge in [-0.25, -0.2) is 4.39 Å². The first-order chi connectivity index (χ1) is 4.34. The number of halogens is 2. The van der Waals surface area contributed by atoms with Crippen LogP contribution in [0.15, 0.2) is 24.3 Å². The quantitative estimate of drug-likeness (QED) is 0.657. The molecule has 0 N–H and O–H groups in total. The van der Waals surface area contributed by atoms with Crippen LogP contribution in [0, 0.1) is 3.57 Å². The van der Waals surface area contributed by atoms with Crippen molar-refractivity contribution in [2.75, 3.05) is 0 Å². The fourth-order valence-electron chi connectivity index (χ4n) is 0.607. The van der Waals surface area contributed by atoms with Crippen molar-refractivity contribution in [3.63, 3.8) is 0 Å². The molecule has 1 aromatic carbocycles. The zero-order valence-electron chi connectivity index (χ0n) is 4.77. The van der Waals surface area contributed by atoms with Crippen LogP contribution in [0.25, 0.3) is 0 Å². The summed E-state index contributed by atoms with van der Waals surface area (Å²) in [4.78, 5) is 0. The highest BCUT2D eigenvalue weighted by atomic mass is 127. The molecule has 0 nitrogen and oxygen atoms in total. The number of rotatable bonds is 1. The molecule has 0 saturated carbocycles. The van der Waals surface area contributed by atoms with E-state index in [9.17, 15) is 4.39 Å². The van der Waals surface area contributed by atoms with Gasteiger partial charge < -0.3 is 0 Å². The molecule has 1 aromatic rings. The summed E-state index contributed by atoms with van der Waals surface area (Å²) < 4.78 is 13.0. The van der Waals surface area contributed by atoms with E-state index in [0.29, 0.717) is 0 Å². The number of hydrogen-bond acceptors (Lipinski definition) is 0. The fraction of sp³-hybridized carbons (Fsp3) is 0.143. The molecule has 0 bridgehead atoms. The van der Waals surface area contributed by atoms with Crippen molar-refractivity contribution in [2.45, 2.75) is 6.67 Å². The van der Waals surface area contributed by atoms with Crippen LogP contribution in [0.4, 0.5) is 4.39 Å². The molecular formula is C7H6FI. The number of alkyl halides is 1. The zero-order valence-corrected chi connectivity index (χ0v) is 6.93. The van der Waals surface area contributed by atoms with E-state index in [1.807, 2.05) is 18.2 Å². The predicted molar refractivity (Wildman–Crippen MR) is 44.0 cm³/mol. The molecule has 0 unspecified atom stereocenters. The van der Waals surface area contributed by atoms with Crippen LogP contribution in [0.2, 0.25) is 0 Å². The third-order valence-corrected chi connectivity index (χ3v) is 2.15. The fourth-order valence-corrected chi connectivity index (χ4v) is 1.14. The summed E-state index contributed by atoms with van der Waals surface area (Å²) in [5.74, 6) is 0. The summed E-state index contributed by atoms with van der Waals surface area (Å²) in [7, 11) is 0. The van der Waals surface area contributed by atoms with Crippen molar-refractivity contribution in [1.29, 1.82) is 0 Å². The molecule has 0 heterocycles. The van der Waals surface area contributed by atoms with E-state index in [1.165, 1.54) is 0 Å². The maximum absolute atomic E-state index is 12.0. The van der Waals surface area contributed by atoms with Gasteiger partial charge in [-0.3, -0.25) is 0 Å². The lowest BCUT2D eigenvalue weighted by atomic mass is 10.2. The molecule has 0 aromatic heterocycles. The topological polar surface area (TPSA) is 0 Å². The van der Waals surface area contributed by atoms with Crippen molar-refractivity contribution in [3.05, 3.63) is 33.4 Å². The average Bonchev–Trinajstić information content (AvgIpc) is 1.89. The Morgan fingerprint density at radius 2 is 2.00 bits per heavy atom. The lowest BCUT2D eigenvalue weighted by Crippen LogP contribution is -1.81. The Morgan fingerprint density at radius 1 is 1.33 bits per heavy atom. The molecule has 0 fully saturated rings. The third-order valence-electron chi connectivity index (χ3n) is 1.10. The largest absolute Gasteiger partial charge is 0.246 e. The smallest absolute Gasteiger partial charge is 0.116 e. The molecule has 0 spiro atoms. The van der Waals surface area contributed by atoms with Gasteiger partial charge in [0.25, 0.3) is 0 Å².